The van der Waals surface area contributed by atoms with Crippen LogP contribution in [0, 0.1) is 0 Å². The first-order chi connectivity index (χ1) is 34.6. The summed E-state index contributed by atoms with van der Waals surface area (Å²) < 4.78 is 9.26. The summed E-state index contributed by atoms with van der Waals surface area (Å²) in [5.41, 5.74) is 14.9. The molecular formula is C67H64N4O. The number of ether oxygens (including phenoxy) is 1. The van der Waals surface area contributed by atoms with E-state index in [1.807, 2.05) is 6.20 Å². The van der Waals surface area contributed by atoms with Gasteiger partial charge in [-0.1, -0.05) is 177 Å². The van der Waals surface area contributed by atoms with Crippen molar-refractivity contribution in [3.63, 3.8) is 0 Å². The molecule has 72 heavy (non-hydrogen) atoms. The Balaban J connectivity index is 1.00. The molecule has 0 atom stereocenters. The van der Waals surface area contributed by atoms with Crippen molar-refractivity contribution in [3.8, 4) is 17.3 Å². The van der Waals surface area contributed by atoms with Crippen LogP contribution in [0.1, 0.15) is 101 Å². The Kier molecular flexibility index (Phi) is 11.5. The molecule has 2 aromatic heterocycles. The van der Waals surface area contributed by atoms with Crippen molar-refractivity contribution in [2.75, 3.05) is 16.5 Å². The lowest BCUT2D eigenvalue weighted by atomic mass is 9.71. The van der Waals surface area contributed by atoms with E-state index in [9.17, 15) is 0 Å². The van der Waals surface area contributed by atoms with Crippen LogP contribution in [-0.4, -0.2) is 16.2 Å². The molecule has 3 heterocycles. The number of rotatable bonds is 10. The molecule has 1 aliphatic rings. The molecule has 11 rings (SSSR count). The molecule has 0 saturated heterocycles. The minimum Gasteiger partial charge on any atom is -0.457 e. The van der Waals surface area contributed by atoms with E-state index in [2.05, 4.69) is 283 Å². The van der Waals surface area contributed by atoms with Gasteiger partial charge in [-0.3, -0.25) is 4.57 Å². The zero-order valence-corrected chi connectivity index (χ0v) is 43.1. The predicted octanol–water partition coefficient (Wildman–Crippen LogP) is 17.5. The van der Waals surface area contributed by atoms with E-state index in [-0.39, 0.29) is 16.2 Å². The Morgan fingerprint density at radius 3 is 1.57 bits per heavy atom. The first-order valence-corrected chi connectivity index (χ1v) is 25.4. The molecular weight excluding hydrogens is 877 g/mol. The third-order valence-corrected chi connectivity index (χ3v) is 15.3. The Morgan fingerprint density at radius 2 is 0.958 bits per heavy atom. The van der Waals surface area contributed by atoms with Crippen LogP contribution in [0.2, 0.25) is 0 Å². The number of nitrogens with zero attached hydrogens (tertiary/aromatic N) is 4. The monoisotopic (exact) mass is 941 g/mol. The molecule has 5 heteroatoms. The molecule has 8 aromatic carbocycles. The highest BCUT2D eigenvalue weighted by atomic mass is 16.5. The van der Waals surface area contributed by atoms with Gasteiger partial charge in [0.15, 0.2) is 0 Å². The van der Waals surface area contributed by atoms with Gasteiger partial charge in [0.1, 0.15) is 24.0 Å². The number of aromatic nitrogens is 2. The van der Waals surface area contributed by atoms with E-state index >= 15 is 0 Å². The molecule has 0 radical (unpaired) electrons. The fourth-order valence-electron chi connectivity index (χ4n) is 10.8. The van der Waals surface area contributed by atoms with E-state index in [1.54, 1.807) is 0 Å². The lowest BCUT2D eigenvalue weighted by Gasteiger charge is -2.32. The molecule has 0 N–H and O–H groups in total. The van der Waals surface area contributed by atoms with Gasteiger partial charge in [-0.25, -0.2) is 4.98 Å². The third-order valence-electron chi connectivity index (χ3n) is 15.3. The number of fused-ring (bicyclic) bond motifs is 4. The van der Waals surface area contributed by atoms with E-state index in [1.165, 1.54) is 55.8 Å². The summed E-state index contributed by atoms with van der Waals surface area (Å²) in [6.07, 6.45) is 1.97. The number of anilines is 4. The van der Waals surface area contributed by atoms with Crippen LogP contribution in [0.4, 0.5) is 22.7 Å². The van der Waals surface area contributed by atoms with Gasteiger partial charge in [0.05, 0.1) is 22.4 Å². The summed E-state index contributed by atoms with van der Waals surface area (Å²) in [5, 5.41) is 2.30. The van der Waals surface area contributed by atoms with Crippen LogP contribution in [0.3, 0.4) is 0 Å². The molecule has 0 amide bonds. The van der Waals surface area contributed by atoms with Crippen molar-refractivity contribution < 1.29 is 4.74 Å². The second-order valence-corrected chi connectivity index (χ2v) is 22.4. The Labute approximate surface area is 426 Å². The SMILES string of the molecule is CC(C)(C)c1cc(N2CN(c3cccc(Oc4ccc5c6cc(C(C)(C)c7ccccc7)ccc6n(-c6cc(C(C)(c7ccccc7)c7ccccc7)ccn6)c5c4)c3)c3ccccc32)cc(C(C)(C)C)c1. The summed E-state index contributed by atoms with van der Waals surface area (Å²) in [7, 11) is 0. The molecule has 0 bridgehead atoms. The Morgan fingerprint density at radius 1 is 0.389 bits per heavy atom. The summed E-state index contributed by atoms with van der Waals surface area (Å²) in [5.74, 6) is 2.36. The fraction of sp³-hybridized carbons (Fsp3) is 0.209. The van der Waals surface area contributed by atoms with Gasteiger partial charge < -0.3 is 14.5 Å². The number of hydrogen-bond donors (Lipinski definition) is 0. The summed E-state index contributed by atoms with van der Waals surface area (Å²) in [6.45, 7) is 21.4. The molecule has 0 unspecified atom stereocenters. The van der Waals surface area contributed by atoms with Crippen LogP contribution in [0.25, 0.3) is 27.6 Å². The molecule has 0 saturated carbocycles. The average Bonchev–Trinajstić information content (AvgIpc) is 3.94. The van der Waals surface area contributed by atoms with Gasteiger partial charge in [-0.2, -0.15) is 0 Å². The maximum absolute atomic E-state index is 6.93. The number of pyridine rings is 1. The Bertz CT molecular complexity index is 3530. The maximum atomic E-state index is 6.93. The minimum absolute atomic E-state index is 0.00685. The van der Waals surface area contributed by atoms with Gasteiger partial charge >= 0.3 is 0 Å². The normalized spacial score (nSPS) is 13.2. The van der Waals surface area contributed by atoms with Crippen molar-refractivity contribution in [2.45, 2.75) is 84.0 Å². The largest absolute Gasteiger partial charge is 0.457 e. The van der Waals surface area contributed by atoms with E-state index < -0.39 is 5.41 Å². The highest BCUT2D eigenvalue weighted by Gasteiger charge is 2.33. The minimum atomic E-state index is -0.441. The van der Waals surface area contributed by atoms with Crippen molar-refractivity contribution in [1.29, 1.82) is 0 Å². The summed E-state index contributed by atoms with van der Waals surface area (Å²) in [4.78, 5) is 10.0. The highest BCUT2D eigenvalue weighted by molar-refractivity contribution is 6.10. The summed E-state index contributed by atoms with van der Waals surface area (Å²) >= 11 is 0. The standard InChI is InChI=1S/C67H64N4O/c1-64(2,3)51-38-52(65(4,5)6)40-54(39-51)70-45-69(60-30-19-20-31-61(60)70)53-28-21-29-55(43-53)72-56-33-34-57-58-41-49(66(7,8)46-22-13-10-14-23-46)32-35-59(58)71(62(57)44-56)63-42-50(36-37-68-63)67(9,47-24-15-11-16-25-47)48-26-17-12-18-27-48/h10-44H,45H2,1-9H3. The molecule has 0 fully saturated rings. The van der Waals surface area contributed by atoms with Crippen LogP contribution < -0.4 is 14.5 Å². The van der Waals surface area contributed by atoms with Crippen molar-refractivity contribution >= 4 is 44.6 Å². The lowest BCUT2D eigenvalue weighted by molar-refractivity contribution is 0.483. The van der Waals surface area contributed by atoms with E-state index in [4.69, 9.17) is 9.72 Å². The zero-order valence-electron chi connectivity index (χ0n) is 43.1. The fourth-order valence-corrected chi connectivity index (χ4v) is 10.8. The van der Waals surface area contributed by atoms with E-state index in [0.717, 1.165) is 45.0 Å². The van der Waals surface area contributed by atoms with Crippen LogP contribution in [0.5, 0.6) is 11.5 Å². The molecule has 5 nitrogen and oxygen atoms in total. The number of para-hydroxylation sites is 2. The smallest absolute Gasteiger partial charge is 0.137 e. The predicted molar refractivity (Wildman–Crippen MR) is 302 cm³/mol. The van der Waals surface area contributed by atoms with Gasteiger partial charge in [0.2, 0.25) is 0 Å². The second-order valence-electron chi connectivity index (χ2n) is 22.4. The van der Waals surface area contributed by atoms with Crippen LogP contribution in [0.15, 0.2) is 212 Å². The zero-order chi connectivity index (χ0) is 50.0. The first-order valence-electron chi connectivity index (χ1n) is 25.4. The maximum Gasteiger partial charge on any atom is 0.137 e. The Hall–Kier alpha value is -7.89. The number of benzene rings is 8. The molecule has 0 spiro atoms. The topological polar surface area (TPSA) is 33.5 Å². The molecule has 0 aliphatic carbocycles. The molecule has 1 aliphatic heterocycles. The van der Waals surface area contributed by atoms with Crippen LogP contribution in [-0.2, 0) is 21.7 Å². The third kappa shape index (κ3) is 8.31. The van der Waals surface area contributed by atoms with Crippen molar-refractivity contribution in [1.82, 2.24) is 9.55 Å². The first kappa shape index (κ1) is 46.5. The lowest BCUT2D eigenvalue weighted by Crippen LogP contribution is -2.25. The second kappa shape index (κ2) is 17.8. The average molecular weight is 941 g/mol. The summed E-state index contributed by atoms with van der Waals surface area (Å²) in [6, 6.07) is 74.8. The molecule has 358 valence electrons. The van der Waals surface area contributed by atoms with Crippen LogP contribution >= 0.6 is 0 Å². The highest BCUT2D eigenvalue weighted by Crippen LogP contribution is 2.47. The van der Waals surface area contributed by atoms with Crippen molar-refractivity contribution in [3.05, 3.63) is 251 Å². The number of hydrogen-bond acceptors (Lipinski definition) is 4. The van der Waals surface area contributed by atoms with Gasteiger partial charge in [-0.05, 0) is 129 Å². The molecule has 10 aromatic rings. The van der Waals surface area contributed by atoms with E-state index in [0.29, 0.717) is 6.67 Å². The van der Waals surface area contributed by atoms with Gasteiger partial charge in [0.25, 0.3) is 0 Å². The van der Waals surface area contributed by atoms with Gasteiger partial charge in [-0.15, -0.1) is 0 Å². The van der Waals surface area contributed by atoms with Crippen molar-refractivity contribution in [2.24, 2.45) is 0 Å². The quantitative estimate of drug-likeness (QED) is 0.137. The van der Waals surface area contributed by atoms with Gasteiger partial charge in [0, 0.05) is 51.3 Å².